The first-order valence-corrected chi connectivity index (χ1v) is 10.8. The Morgan fingerprint density at radius 3 is 2.71 bits per heavy atom. The highest BCUT2D eigenvalue weighted by molar-refractivity contribution is 6.33. The van der Waals surface area contributed by atoms with Crippen LogP contribution in [0.2, 0.25) is 5.15 Å². The largest absolute Gasteiger partial charge is 0.454 e. The van der Waals surface area contributed by atoms with Gasteiger partial charge >= 0.3 is 0 Å². The van der Waals surface area contributed by atoms with Crippen LogP contribution in [0.1, 0.15) is 20.8 Å². The van der Waals surface area contributed by atoms with Crippen LogP contribution in [0.15, 0.2) is 60.9 Å². The molecule has 2 amide bonds. The molecule has 4 heterocycles. The van der Waals surface area contributed by atoms with Gasteiger partial charge in [0.15, 0.2) is 17.2 Å². The van der Waals surface area contributed by atoms with Gasteiger partial charge in [-0.1, -0.05) is 11.6 Å². The van der Waals surface area contributed by atoms with Gasteiger partial charge in [-0.15, -0.1) is 0 Å². The topological polar surface area (TPSA) is 134 Å². The average molecular weight is 487 g/mol. The second kappa shape index (κ2) is 7.96. The summed E-state index contributed by atoms with van der Waals surface area (Å²) in [6.07, 6.45) is 3.06. The second-order valence-corrected chi connectivity index (χ2v) is 8.07. The second-order valence-electron chi connectivity index (χ2n) is 7.71. The molecule has 1 aliphatic heterocycles. The lowest BCUT2D eigenvalue weighted by Gasteiger charge is -2.10. The number of nitrogens with zero attached hydrogens (tertiary/aromatic N) is 4. The Morgan fingerprint density at radius 2 is 1.89 bits per heavy atom. The molecule has 1 aliphatic rings. The number of primary amides is 1. The maximum Gasteiger partial charge on any atom is 0.269 e. The molecule has 0 saturated heterocycles. The number of anilines is 1. The standard InChI is InChI=1S/C24H15ClN6O4/c25-22-14(2-1-7-27-22)24(33)29-12-3-5-17-15(8-12)21-16(10-28-17)20(23(26)32)30-31(21)13-4-6-18-19(9-13)35-11-34-18/h1-10H,11H2,(H2,26,32)(H,29,33). The molecule has 0 atom stereocenters. The van der Waals surface area contributed by atoms with E-state index in [1.54, 1.807) is 59.4 Å². The van der Waals surface area contributed by atoms with Crippen molar-refractivity contribution in [1.29, 1.82) is 0 Å². The van der Waals surface area contributed by atoms with Gasteiger partial charge in [0.1, 0.15) is 5.15 Å². The van der Waals surface area contributed by atoms with E-state index in [0.717, 1.165) is 0 Å². The number of benzene rings is 2. The van der Waals surface area contributed by atoms with E-state index in [-0.39, 0.29) is 23.2 Å². The summed E-state index contributed by atoms with van der Waals surface area (Å²) in [5, 5.41) is 8.53. The van der Waals surface area contributed by atoms with Gasteiger partial charge in [-0.2, -0.15) is 5.10 Å². The van der Waals surface area contributed by atoms with Crippen molar-refractivity contribution in [3.8, 4) is 17.2 Å². The number of hydrogen-bond donors (Lipinski definition) is 2. The van der Waals surface area contributed by atoms with Crippen molar-refractivity contribution < 1.29 is 19.1 Å². The summed E-state index contributed by atoms with van der Waals surface area (Å²) >= 11 is 6.06. The molecule has 2 aromatic carbocycles. The van der Waals surface area contributed by atoms with Crippen molar-refractivity contribution in [2.45, 2.75) is 0 Å². The monoisotopic (exact) mass is 486 g/mol. The molecule has 3 N–H and O–H groups in total. The van der Waals surface area contributed by atoms with Crippen LogP contribution in [-0.4, -0.2) is 38.4 Å². The van der Waals surface area contributed by atoms with Gasteiger partial charge in [-0.3, -0.25) is 14.6 Å². The van der Waals surface area contributed by atoms with Crippen molar-refractivity contribution >= 4 is 50.9 Å². The molecule has 10 nitrogen and oxygen atoms in total. The Morgan fingerprint density at radius 1 is 1.03 bits per heavy atom. The number of carbonyl (C=O) groups is 2. The molecule has 172 valence electrons. The van der Waals surface area contributed by atoms with E-state index in [1.165, 1.54) is 6.20 Å². The van der Waals surface area contributed by atoms with Crippen LogP contribution < -0.4 is 20.5 Å². The molecule has 0 unspecified atom stereocenters. The predicted octanol–water partition coefficient (Wildman–Crippen LogP) is 3.70. The molecule has 6 rings (SSSR count). The highest BCUT2D eigenvalue weighted by atomic mass is 35.5. The number of carbonyl (C=O) groups excluding carboxylic acids is 2. The van der Waals surface area contributed by atoms with Crippen LogP contribution >= 0.6 is 11.6 Å². The zero-order valence-corrected chi connectivity index (χ0v) is 18.6. The Balaban J connectivity index is 1.53. The van der Waals surface area contributed by atoms with Crippen LogP contribution in [-0.2, 0) is 0 Å². The molecule has 5 aromatic rings. The highest BCUT2D eigenvalue weighted by Crippen LogP contribution is 2.36. The van der Waals surface area contributed by atoms with Crippen molar-refractivity contribution in [2.75, 3.05) is 12.1 Å². The third-order valence-electron chi connectivity index (χ3n) is 5.60. The summed E-state index contributed by atoms with van der Waals surface area (Å²) < 4.78 is 12.5. The first kappa shape index (κ1) is 20.9. The number of hydrogen-bond acceptors (Lipinski definition) is 7. The van der Waals surface area contributed by atoms with Gasteiger partial charge in [-0.05, 0) is 42.5 Å². The lowest BCUT2D eigenvalue weighted by molar-refractivity contribution is 0.0994. The first-order valence-electron chi connectivity index (χ1n) is 10.4. The van der Waals surface area contributed by atoms with Gasteiger partial charge in [-0.25, -0.2) is 9.67 Å². The Labute approximate surface area is 202 Å². The van der Waals surface area contributed by atoms with Crippen molar-refractivity contribution in [2.24, 2.45) is 5.73 Å². The summed E-state index contributed by atoms with van der Waals surface area (Å²) in [7, 11) is 0. The van der Waals surface area contributed by atoms with E-state index in [2.05, 4.69) is 20.4 Å². The first-order chi connectivity index (χ1) is 17.0. The highest BCUT2D eigenvalue weighted by Gasteiger charge is 2.21. The minimum Gasteiger partial charge on any atom is -0.454 e. The van der Waals surface area contributed by atoms with E-state index >= 15 is 0 Å². The fourth-order valence-corrected chi connectivity index (χ4v) is 4.21. The molecule has 0 radical (unpaired) electrons. The molecule has 3 aromatic heterocycles. The van der Waals surface area contributed by atoms with Crippen LogP contribution in [0.3, 0.4) is 0 Å². The molecular formula is C24H15ClN6O4. The molecule has 0 bridgehead atoms. The summed E-state index contributed by atoms with van der Waals surface area (Å²) in [5.74, 6) is 0.0772. The van der Waals surface area contributed by atoms with E-state index in [4.69, 9.17) is 26.8 Å². The number of nitrogens with one attached hydrogen (secondary N) is 1. The maximum absolute atomic E-state index is 12.8. The molecule has 0 spiro atoms. The molecular weight excluding hydrogens is 472 g/mol. The fraction of sp³-hybridized carbons (Fsp3) is 0.0417. The Kier molecular flexibility index (Phi) is 4.75. The zero-order valence-electron chi connectivity index (χ0n) is 17.9. The Bertz CT molecular complexity index is 1680. The van der Waals surface area contributed by atoms with Gasteiger partial charge in [0.25, 0.3) is 11.8 Å². The van der Waals surface area contributed by atoms with Gasteiger partial charge < -0.3 is 20.5 Å². The molecule has 0 aliphatic carbocycles. The van der Waals surface area contributed by atoms with Crippen molar-refractivity contribution in [3.63, 3.8) is 0 Å². The predicted molar refractivity (Wildman–Crippen MR) is 128 cm³/mol. The van der Waals surface area contributed by atoms with E-state index in [1.807, 2.05) is 0 Å². The average Bonchev–Trinajstić information content (AvgIpc) is 3.48. The lowest BCUT2D eigenvalue weighted by Crippen LogP contribution is -2.12. The quantitative estimate of drug-likeness (QED) is 0.370. The van der Waals surface area contributed by atoms with Gasteiger partial charge in [0.05, 0.1) is 27.7 Å². The van der Waals surface area contributed by atoms with Crippen LogP contribution in [0.25, 0.3) is 27.5 Å². The number of rotatable bonds is 4. The van der Waals surface area contributed by atoms with Crippen molar-refractivity contribution in [1.82, 2.24) is 19.7 Å². The number of halogens is 1. The molecule has 0 saturated carbocycles. The minimum absolute atomic E-state index is 0.0728. The lowest BCUT2D eigenvalue weighted by atomic mass is 10.1. The van der Waals surface area contributed by atoms with Crippen molar-refractivity contribution in [3.05, 3.63) is 77.3 Å². The van der Waals surface area contributed by atoms with Gasteiger partial charge in [0.2, 0.25) is 6.79 Å². The third-order valence-corrected chi connectivity index (χ3v) is 5.90. The number of nitrogens with two attached hydrogens (primary N) is 1. The fourth-order valence-electron chi connectivity index (χ4n) is 4.00. The molecule has 11 heteroatoms. The number of fused-ring (bicyclic) bond motifs is 4. The van der Waals surface area contributed by atoms with E-state index < -0.39 is 11.8 Å². The minimum atomic E-state index is -0.689. The summed E-state index contributed by atoms with van der Waals surface area (Å²) in [6.45, 7) is 0.127. The van der Waals surface area contributed by atoms with E-state index in [9.17, 15) is 9.59 Å². The summed E-state index contributed by atoms with van der Waals surface area (Å²) in [6, 6.07) is 13.8. The van der Waals surface area contributed by atoms with Gasteiger partial charge in [0, 0.05) is 29.5 Å². The van der Waals surface area contributed by atoms with Crippen LogP contribution in [0.4, 0.5) is 5.69 Å². The SMILES string of the molecule is NC(=O)c1nn(-c2ccc3c(c2)OCO3)c2c1cnc1ccc(NC(=O)c3cccnc3Cl)cc12. The summed E-state index contributed by atoms with van der Waals surface area (Å²) in [4.78, 5) is 33.4. The van der Waals surface area contributed by atoms with Crippen LogP contribution in [0, 0.1) is 0 Å². The summed E-state index contributed by atoms with van der Waals surface area (Å²) in [5.41, 5.74) is 8.29. The number of pyridine rings is 2. The third kappa shape index (κ3) is 3.47. The number of ether oxygens (including phenoxy) is 2. The van der Waals surface area contributed by atoms with E-state index in [0.29, 0.717) is 44.7 Å². The molecule has 35 heavy (non-hydrogen) atoms. The zero-order chi connectivity index (χ0) is 24.1. The number of aromatic nitrogens is 4. The van der Waals surface area contributed by atoms with Crippen LogP contribution in [0.5, 0.6) is 11.5 Å². The normalized spacial score (nSPS) is 12.3. The number of amides is 2. The smallest absolute Gasteiger partial charge is 0.269 e. The maximum atomic E-state index is 12.8. The Hall–Kier alpha value is -4.70. The molecule has 0 fully saturated rings.